The second-order valence-corrected chi connectivity index (χ2v) is 6.79. The molecule has 2 amide bonds. The van der Waals surface area contributed by atoms with Gasteiger partial charge in [0, 0.05) is 19.0 Å². The van der Waals surface area contributed by atoms with E-state index in [1.54, 1.807) is 12.0 Å². The van der Waals surface area contributed by atoms with Crippen LogP contribution in [0.3, 0.4) is 0 Å². The fraction of sp³-hybridized carbons (Fsp3) is 0.600. The number of nitrogens with zero attached hydrogens (tertiary/aromatic N) is 1. The minimum absolute atomic E-state index is 0.0207. The van der Waals surface area contributed by atoms with Gasteiger partial charge in [-0.15, -0.1) is 0 Å². The molecule has 138 valence electrons. The van der Waals surface area contributed by atoms with Crippen molar-refractivity contribution in [2.75, 3.05) is 7.11 Å². The van der Waals surface area contributed by atoms with Gasteiger partial charge in [0.2, 0.25) is 11.8 Å². The molecule has 1 N–H and O–H groups in total. The quantitative estimate of drug-likeness (QED) is 0.786. The van der Waals surface area contributed by atoms with Crippen molar-refractivity contribution < 1.29 is 14.3 Å². The summed E-state index contributed by atoms with van der Waals surface area (Å²) >= 11 is 0. The molecular formula is C20H30N2O3. The summed E-state index contributed by atoms with van der Waals surface area (Å²) in [6.07, 6.45) is 5.65. The molecule has 1 aromatic carbocycles. The van der Waals surface area contributed by atoms with Crippen molar-refractivity contribution in [3.8, 4) is 5.75 Å². The maximum absolute atomic E-state index is 12.6. The molecule has 0 bridgehead atoms. The lowest BCUT2D eigenvalue weighted by molar-refractivity contribution is -0.140. The summed E-state index contributed by atoms with van der Waals surface area (Å²) in [7, 11) is 1.63. The first-order chi connectivity index (χ1) is 12.0. The fourth-order valence-electron chi connectivity index (χ4n) is 3.26. The van der Waals surface area contributed by atoms with E-state index in [1.165, 1.54) is 12.8 Å². The number of nitrogens with one attached hydrogen (secondary N) is 1. The summed E-state index contributed by atoms with van der Waals surface area (Å²) in [4.78, 5) is 26.9. The smallest absolute Gasteiger partial charge is 0.242 e. The first-order valence-corrected chi connectivity index (χ1v) is 9.28. The molecule has 1 fully saturated rings. The molecule has 1 atom stereocenters. The van der Waals surface area contributed by atoms with Crippen molar-refractivity contribution in [1.82, 2.24) is 10.2 Å². The number of carbonyl (C=O) groups excluding carboxylic acids is 2. The largest absolute Gasteiger partial charge is 0.497 e. The van der Waals surface area contributed by atoms with Crippen molar-refractivity contribution in [1.29, 1.82) is 0 Å². The van der Waals surface area contributed by atoms with Gasteiger partial charge in [-0.25, -0.2) is 0 Å². The summed E-state index contributed by atoms with van der Waals surface area (Å²) in [6, 6.07) is 7.42. The second kappa shape index (κ2) is 9.44. The van der Waals surface area contributed by atoms with Crippen LogP contribution < -0.4 is 10.1 Å². The van der Waals surface area contributed by atoms with Crippen LogP contribution in [0.15, 0.2) is 24.3 Å². The highest BCUT2D eigenvalue weighted by atomic mass is 16.5. The number of hydrogen-bond donors (Lipinski definition) is 1. The Labute approximate surface area is 150 Å². The van der Waals surface area contributed by atoms with Gasteiger partial charge < -0.3 is 15.0 Å². The average Bonchev–Trinajstić information content (AvgIpc) is 3.12. The van der Waals surface area contributed by atoms with Crippen LogP contribution in [0.25, 0.3) is 0 Å². The molecule has 0 aliphatic heterocycles. The van der Waals surface area contributed by atoms with Crippen LogP contribution in [0.4, 0.5) is 0 Å². The molecule has 0 aromatic heterocycles. The molecule has 1 aliphatic rings. The number of ether oxygens (including phenoxy) is 1. The van der Waals surface area contributed by atoms with Gasteiger partial charge >= 0.3 is 0 Å². The van der Waals surface area contributed by atoms with E-state index in [0.717, 1.165) is 30.6 Å². The number of carbonyl (C=O) groups is 2. The molecule has 0 radical (unpaired) electrons. The van der Waals surface area contributed by atoms with Gasteiger partial charge in [-0.2, -0.15) is 0 Å². The van der Waals surface area contributed by atoms with E-state index in [4.69, 9.17) is 4.74 Å². The van der Waals surface area contributed by atoms with Crippen LogP contribution in [0.5, 0.6) is 5.75 Å². The van der Waals surface area contributed by atoms with Gasteiger partial charge in [0.05, 0.1) is 7.11 Å². The second-order valence-electron chi connectivity index (χ2n) is 6.79. The molecule has 1 aliphatic carbocycles. The Morgan fingerprint density at radius 2 is 1.88 bits per heavy atom. The third-order valence-electron chi connectivity index (χ3n) is 4.84. The predicted molar refractivity (Wildman–Crippen MR) is 98.3 cm³/mol. The summed E-state index contributed by atoms with van der Waals surface area (Å²) < 4.78 is 5.18. The fourth-order valence-corrected chi connectivity index (χ4v) is 3.26. The van der Waals surface area contributed by atoms with Crippen molar-refractivity contribution in [2.45, 2.75) is 71.0 Å². The molecule has 0 unspecified atom stereocenters. The van der Waals surface area contributed by atoms with Gasteiger partial charge in [-0.1, -0.05) is 31.9 Å². The van der Waals surface area contributed by atoms with Crippen LogP contribution in [0, 0.1) is 0 Å². The highest BCUT2D eigenvalue weighted by Crippen LogP contribution is 2.19. The molecule has 1 saturated carbocycles. The SMILES string of the molecule is CCCC(=O)N(Cc1ccc(OC)cc1)[C@@H](C)C(=O)NC1CCCC1. The molecule has 5 nitrogen and oxygen atoms in total. The van der Waals surface area contributed by atoms with Crippen LogP contribution in [0.1, 0.15) is 57.9 Å². The predicted octanol–water partition coefficient (Wildman–Crippen LogP) is 3.27. The summed E-state index contributed by atoms with van der Waals surface area (Å²) in [6.45, 7) is 4.23. The minimum Gasteiger partial charge on any atom is -0.497 e. The van der Waals surface area contributed by atoms with E-state index >= 15 is 0 Å². The number of hydrogen-bond acceptors (Lipinski definition) is 3. The molecule has 1 aromatic rings. The van der Waals surface area contributed by atoms with Gasteiger partial charge in [0.25, 0.3) is 0 Å². The number of rotatable bonds is 8. The molecule has 25 heavy (non-hydrogen) atoms. The zero-order valence-corrected chi connectivity index (χ0v) is 15.6. The van der Waals surface area contributed by atoms with Gasteiger partial charge in [-0.05, 0) is 43.9 Å². The molecule has 0 spiro atoms. The summed E-state index contributed by atoms with van der Waals surface area (Å²) in [5.41, 5.74) is 0.991. The zero-order valence-electron chi connectivity index (χ0n) is 15.6. The van der Waals surface area contributed by atoms with Crippen molar-refractivity contribution in [2.24, 2.45) is 0 Å². The van der Waals surface area contributed by atoms with Gasteiger partial charge in [0.15, 0.2) is 0 Å². The number of amides is 2. The Kier molecular flexibility index (Phi) is 7.29. The zero-order chi connectivity index (χ0) is 18.2. The minimum atomic E-state index is -0.471. The van der Waals surface area contributed by atoms with Crippen LogP contribution >= 0.6 is 0 Å². The number of benzene rings is 1. The van der Waals surface area contributed by atoms with E-state index in [9.17, 15) is 9.59 Å². The Hall–Kier alpha value is -2.04. The topological polar surface area (TPSA) is 58.6 Å². The maximum Gasteiger partial charge on any atom is 0.242 e. The third-order valence-corrected chi connectivity index (χ3v) is 4.84. The summed E-state index contributed by atoms with van der Waals surface area (Å²) in [5, 5.41) is 3.11. The maximum atomic E-state index is 12.6. The lowest BCUT2D eigenvalue weighted by atomic mass is 10.1. The standard InChI is InChI=1S/C20H30N2O3/c1-4-7-19(23)22(14-16-10-12-18(25-3)13-11-16)15(2)20(24)21-17-8-5-6-9-17/h10-13,15,17H,4-9,14H2,1-3H3,(H,21,24)/t15-/m0/s1. The molecule has 5 heteroatoms. The first-order valence-electron chi connectivity index (χ1n) is 9.28. The molecule has 0 heterocycles. The van der Waals surface area contributed by atoms with Crippen LogP contribution in [-0.4, -0.2) is 35.9 Å². The van der Waals surface area contributed by atoms with Gasteiger partial charge in [-0.3, -0.25) is 9.59 Å². The van der Waals surface area contributed by atoms with Crippen molar-refractivity contribution >= 4 is 11.8 Å². The summed E-state index contributed by atoms with van der Waals surface area (Å²) in [5.74, 6) is 0.750. The van der Waals surface area contributed by atoms with Crippen LogP contribution in [0.2, 0.25) is 0 Å². The van der Waals surface area contributed by atoms with Crippen molar-refractivity contribution in [3.63, 3.8) is 0 Å². The van der Waals surface area contributed by atoms with E-state index in [0.29, 0.717) is 13.0 Å². The first kappa shape index (κ1) is 19.3. The highest BCUT2D eigenvalue weighted by molar-refractivity contribution is 5.87. The van der Waals surface area contributed by atoms with E-state index in [1.807, 2.05) is 38.1 Å². The Morgan fingerprint density at radius 3 is 2.44 bits per heavy atom. The van der Waals surface area contributed by atoms with E-state index < -0.39 is 6.04 Å². The normalized spacial score (nSPS) is 15.6. The van der Waals surface area contributed by atoms with E-state index in [2.05, 4.69) is 5.32 Å². The molecule has 2 rings (SSSR count). The number of methoxy groups -OCH3 is 1. The Bertz CT molecular complexity index is 565. The molecular weight excluding hydrogens is 316 g/mol. The third kappa shape index (κ3) is 5.48. The molecule has 0 saturated heterocycles. The monoisotopic (exact) mass is 346 g/mol. The van der Waals surface area contributed by atoms with E-state index in [-0.39, 0.29) is 17.9 Å². The lowest BCUT2D eigenvalue weighted by Crippen LogP contribution is -2.49. The van der Waals surface area contributed by atoms with Crippen LogP contribution in [-0.2, 0) is 16.1 Å². The Balaban J connectivity index is 2.07. The lowest BCUT2D eigenvalue weighted by Gasteiger charge is -2.29. The van der Waals surface area contributed by atoms with Gasteiger partial charge in [0.1, 0.15) is 11.8 Å². The highest BCUT2D eigenvalue weighted by Gasteiger charge is 2.27. The average molecular weight is 346 g/mol. The Morgan fingerprint density at radius 1 is 1.24 bits per heavy atom. The van der Waals surface area contributed by atoms with Crippen molar-refractivity contribution in [3.05, 3.63) is 29.8 Å².